The lowest BCUT2D eigenvalue weighted by Gasteiger charge is -2.09. The molecule has 0 aliphatic rings. The fraction of sp³-hybridized carbons (Fsp3) is 0.0714. The third-order valence-corrected chi connectivity index (χ3v) is 3.64. The Hall–Kier alpha value is -1.42. The standard InChI is InChI=1S/C14H11Cl3N2O/c15-10-6-4-9(5-7-10)8-18-14(20)19-12-3-1-2-11(16)13(12)17/h1-7H,8H2,(H2,18,19,20). The van der Waals surface area contributed by atoms with Crippen LogP contribution in [-0.2, 0) is 6.54 Å². The van der Waals surface area contributed by atoms with E-state index in [1.807, 2.05) is 12.1 Å². The second kappa shape index (κ2) is 6.84. The number of amides is 2. The van der Waals surface area contributed by atoms with Gasteiger partial charge in [0.05, 0.1) is 15.7 Å². The Morgan fingerprint density at radius 3 is 2.40 bits per heavy atom. The normalized spacial score (nSPS) is 10.2. The van der Waals surface area contributed by atoms with Crippen molar-refractivity contribution < 1.29 is 4.79 Å². The third-order valence-electron chi connectivity index (χ3n) is 2.57. The molecule has 0 bridgehead atoms. The Kier molecular flexibility index (Phi) is 5.12. The highest BCUT2D eigenvalue weighted by atomic mass is 35.5. The third kappa shape index (κ3) is 4.04. The van der Waals surface area contributed by atoms with Crippen molar-refractivity contribution in [3.05, 3.63) is 63.1 Å². The molecule has 2 aromatic carbocycles. The van der Waals surface area contributed by atoms with Crippen LogP contribution in [-0.4, -0.2) is 6.03 Å². The van der Waals surface area contributed by atoms with Gasteiger partial charge >= 0.3 is 6.03 Å². The minimum atomic E-state index is -0.357. The lowest BCUT2D eigenvalue weighted by atomic mass is 10.2. The molecule has 0 spiro atoms. The predicted octanol–water partition coefficient (Wildman–Crippen LogP) is 4.97. The van der Waals surface area contributed by atoms with Crippen LogP contribution in [0.1, 0.15) is 5.56 Å². The molecule has 0 radical (unpaired) electrons. The van der Waals surface area contributed by atoms with Gasteiger partial charge in [-0.15, -0.1) is 0 Å². The molecule has 2 rings (SSSR count). The average molecular weight is 330 g/mol. The van der Waals surface area contributed by atoms with Gasteiger partial charge < -0.3 is 10.6 Å². The zero-order chi connectivity index (χ0) is 14.5. The van der Waals surface area contributed by atoms with E-state index in [0.29, 0.717) is 27.3 Å². The first-order chi connectivity index (χ1) is 9.56. The van der Waals surface area contributed by atoms with Crippen molar-refractivity contribution in [2.75, 3.05) is 5.32 Å². The summed E-state index contributed by atoms with van der Waals surface area (Å²) in [5.41, 5.74) is 1.41. The lowest BCUT2D eigenvalue weighted by molar-refractivity contribution is 0.251. The Bertz CT molecular complexity index is 614. The van der Waals surface area contributed by atoms with E-state index in [2.05, 4.69) is 10.6 Å². The molecule has 6 heteroatoms. The molecule has 20 heavy (non-hydrogen) atoms. The largest absolute Gasteiger partial charge is 0.334 e. The molecule has 2 amide bonds. The summed E-state index contributed by atoms with van der Waals surface area (Å²) in [5, 5.41) is 6.72. The molecule has 0 saturated heterocycles. The quantitative estimate of drug-likeness (QED) is 0.820. The smallest absolute Gasteiger partial charge is 0.319 e. The van der Waals surface area contributed by atoms with E-state index in [0.717, 1.165) is 5.56 Å². The molecular weight excluding hydrogens is 319 g/mol. The fourth-order valence-electron chi connectivity index (χ4n) is 1.55. The number of nitrogens with one attached hydrogen (secondary N) is 2. The molecule has 0 atom stereocenters. The van der Waals surface area contributed by atoms with Crippen LogP contribution in [0.5, 0.6) is 0 Å². The molecule has 104 valence electrons. The van der Waals surface area contributed by atoms with Gasteiger partial charge in [-0.25, -0.2) is 4.79 Å². The zero-order valence-corrected chi connectivity index (χ0v) is 12.6. The van der Waals surface area contributed by atoms with E-state index in [9.17, 15) is 4.79 Å². The van der Waals surface area contributed by atoms with Crippen LogP contribution in [0.4, 0.5) is 10.5 Å². The zero-order valence-electron chi connectivity index (χ0n) is 10.3. The van der Waals surface area contributed by atoms with Crippen molar-refractivity contribution in [2.24, 2.45) is 0 Å². The minimum Gasteiger partial charge on any atom is -0.334 e. The Morgan fingerprint density at radius 1 is 1.00 bits per heavy atom. The molecule has 0 fully saturated rings. The summed E-state index contributed by atoms with van der Waals surface area (Å²) in [7, 11) is 0. The van der Waals surface area contributed by atoms with Crippen molar-refractivity contribution in [3.63, 3.8) is 0 Å². The number of carbonyl (C=O) groups is 1. The second-order valence-corrected chi connectivity index (χ2v) is 5.26. The SMILES string of the molecule is O=C(NCc1ccc(Cl)cc1)Nc1cccc(Cl)c1Cl. The van der Waals surface area contributed by atoms with Crippen molar-refractivity contribution in [3.8, 4) is 0 Å². The molecule has 2 aromatic rings. The van der Waals surface area contributed by atoms with Crippen LogP contribution in [0.15, 0.2) is 42.5 Å². The molecular formula is C14H11Cl3N2O. The van der Waals surface area contributed by atoms with E-state index < -0.39 is 0 Å². The van der Waals surface area contributed by atoms with Gasteiger partial charge in [0.25, 0.3) is 0 Å². The molecule has 0 aromatic heterocycles. The Labute approximate surface area is 131 Å². The van der Waals surface area contributed by atoms with Crippen molar-refractivity contribution >= 4 is 46.5 Å². The molecule has 0 aliphatic heterocycles. The molecule has 0 aliphatic carbocycles. The van der Waals surface area contributed by atoms with Gasteiger partial charge in [-0.1, -0.05) is 53.0 Å². The highest BCUT2D eigenvalue weighted by Crippen LogP contribution is 2.29. The van der Waals surface area contributed by atoms with Crippen LogP contribution in [0.25, 0.3) is 0 Å². The van der Waals surface area contributed by atoms with E-state index >= 15 is 0 Å². The van der Waals surface area contributed by atoms with E-state index in [4.69, 9.17) is 34.8 Å². The Balaban J connectivity index is 1.92. The number of urea groups is 1. The molecule has 0 saturated carbocycles. The summed E-state index contributed by atoms with van der Waals surface area (Å²) in [5.74, 6) is 0. The van der Waals surface area contributed by atoms with Crippen molar-refractivity contribution in [2.45, 2.75) is 6.54 Å². The van der Waals surface area contributed by atoms with E-state index in [-0.39, 0.29) is 6.03 Å². The molecule has 2 N–H and O–H groups in total. The second-order valence-electron chi connectivity index (χ2n) is 4.04. The van der Waals surface area contributed by atoms with Gasteiger partial charge in [0.1, 0.15) is 0 Å². The van der Waals surface area contributed by atoms with Crippen LogP contribution < -0.4 is 10.6 Å². The maximum absolute atomic E-state index is 11.8. The van der Waals surface area contributed by atoms with Crippen LogP contribution in [0, 0.1) is 0 Å². The number of anilines is 1. The van der Waals surface area contributed by atoms with Gasteiger partial charge in [-0.05, 0) is 29.8 Å². The average Bonchev–Trinajstić information content (AvgIpc) is 2.43. The molecule has 3 nitrogen and oxygen atoms in total. The topological polar surface area (TPSA) is 41.1 Å². The maximum Gasteiger partial charge on any atom is 0.319 e. The first-order valence-electron chi connectivity index (χ1n) is 5.79. The number of benzene rings is 2. The number of rotatable bonds is 3. The first-order valence-corrected chi connectivity index (χ1v) is 6.93. The first kappa shape index (κ1) is 15.0. The fourth-order valence-corrected chi connectivity index (χ4v) is 2.03. The van der Waals surface area contributed by atoms with E-state index in [1.54, 1.807) is 30.3 Å². The van der Waals surface area contributed by atoms with Crippen molar-refractivity contribution in [1.29, 1.82) is 0 Å². The summed E-state index contributed by atoms with van der Waals surface area (Å²) in [6.07, 6.45) is 0. The van der Waals surface area contributed by atoms with Gasteiger partial charge in [0.15, 0.2) is 0 Å². The number of hydrogen-bond donors (Lipinski definition) is 2. The maximum atomic E-state index is 11.8. The highest BCUT2D eigenvalue weighted by molar-refractivity contribution is 6.43. The van der Waals surface area contributed by atoms with Gasteiger partial charge in [-0.3, -0.25) is 0 Å². The van der Waals surface area contributed by atoms with Gasteiger partial charge in [0.2, 0.25) is 0 Å². The number of carbonyl (C=O) groups excluding carboxylic acids is 1. The predicted molar refractivity (Wildman–Crippen MR) is 83.8 cm³/mol. The summed E-state index contributed by atoms with van der Waals surface area (Å²) >= 11 is 17.6. The summed E-state index contributed by atoms with van der Waals surface area (Å²) in [6.45, 7) is 0.390. The summed E-state index contributed by atoms with van der Waals surface area (Å²) in [6, 6.07) is 11.9. The van der Waals surface area contributed by atoms with E-state index in [1.165, 1.54) is 0 Å². The monoisotopic (exact) mass is 328 g/mol. The minimum absolute atomic E-state index is 0.316. The Morgan fingerprint density at radius 2 is 1.70 bits per heavy atom. The highest BCUT2D eigenvalue weighted by Gasteiger charge is 2.07. The van der Waals surface area contributed by atoms with Crippen LogP contribution in [0.3, 0.4) is 0 Å². The summed E-state index contributed by atoms with van der Waals surface area (Å²) < 4.78 is 0. The van der Waals surface area contributed by atoms with Gasteiger partial charge in [0, 0.05) is 11.6 Å². The number of hydrogen-bond acceptors (Lipinski definition) is 1. The number of halogens is 3. The van der Waals surface area contributed by atoms with Crippen molar-refractivity contribution in [1.82, 2.24) is 5.32 Å². The van der Waals surface area contributed by atoms with Crippen LogP contribution in [0.2, 0.25) is 15.1 Å². The molecule has 0 heterocycles. The molecule has 0 unspecified atom stereocenters. The van der Waals surface area contributed by atoms with Gasteiger partial charge in [-0.2, -0.15) is 0 Å². The van der Waals surface area contributed by atoms with Crippen LogP contribution >= 0.6 is 34.8 Å². The lowest BCUT2D eigenvalue weighted by Crippen LogP contribution is -2.28. The summed E-state index contributed by atoms with van der Waals surface area (Å²) in [4.78, 5) is 11.8.